The summed E-state index contributed by atoms with van der Waals surface area (Å²) in [6.07, 6.45) is 2.30. The van der Waals surface area contributed by atoms with E-state index in [-0.39, 0.29) is 0 Å². The topological polar surface area (TPSA) is 91.0 Å². The summed E-state index contributed by atoms with van der Waals surface area (Å²) in [5.41, 5.74) is 6.52. The van der Waals surface area contributed by atoms with Crippen LogP contribution in [0.15, 0.2) is 21.6 Å². The number of nitrogens with zero attached hydrogens (tertiary/aromatic N) is 3. The zero-order chi connectivity index (χ0) is 13.8. The molecular weight excluding hydrogens is 284 g/mol. The number of methoxy groups -OCH3 is 1. The van der Waals surface area contributed by atoms with Crippen molar-refractivity contribution in [3.63, 3.8) is 0 Å². The molecule has 0 aromatic carbocycles. The van der Waals surface area contributed by atoms with Crippen LogP contribution in [0.5, 0.6) is 0 Å². The van der Waals surface area contributed by atoms with Crippen LogP contribution in [0.2, 0.25) is 0 Å². The molecule has 0 amide bonds. The minimum Gasteiger partial charge on any atom is -0.465 e. The number of aryl methyl sites for hydroxylation is 1. The first-order valence-corrected chi connectivity index (χ1v) is 7.08. The van der Waals surface area contributed by atoms with E-state index in [2.05, 4.69) is 19.1 Å². The lowest BCUT2D eigenvalue weighted by atomic mass is 10.2. The van der Waals surface area contributed by atoms with E-state index in [0.29, 0.717) is 16.3 Å². The van der Waals surface area contributed by atoms with Gasteiger partial charge in [0.05, 0.1) is 18.4 Å². The molecule has 8 heteroatoms. The molecule has 0 saturated carbocycles. The van der Waals surface area contributed by atoms with Gasteiger partial charge in [-0.05, 0) is 29.4 Å². The van der Waals surface area contributed by atoms with Crippen molar-refractivity contribution in [3.05, 3.63) is 23.7 Å². The molecular formula is C11H12N4O2S2. The zero-order valence-electron chi connectivity index (χ0n) is 10.4. The minimum atomic E-state index is -0.478. The van der Waals surface area contributed by atoms with Gasteiger partial charge in [0.1, 0.15) is 10.9 Å². The molecule has 0 aliphatic rings. The maximum absolute atomic E-state index is 11.5. The molecule has 2 aromatic rings. The average molecular weight is 296 g/mol. The number of aromatic nitrogens is 3. The number of hydrogen-bond acceptors (Lipinski definition) is 8. The van der Waals surface area contributed by atoms with Gasteiger partial charge in [0.15, 0.2) is 4.34 Å². The van der Waals surface area contributed by atoms with Gasteiger partial charge in [-0.1, -0.05) is 6.92 Å². The second-order valence-electron chi connectivity index (χ2n) is 3.50. The van der Waals surface area contributed by atoms with Crippen molar-refractivity contribution in [2.24, 2.45) is 0 Å². The SMILES string of the molecule is CCc1nsc(Sc2nccc(C(=O)OC)c2N)n1. The first kappa shape index (κ1) is 13.8. The van der Waals surface area contributed by atoms with Crippen molar-refractivity contribution in [3.8, 4) is 0 Å². The van der Waals surface area contributed by atoms with Crippen molar-refractivity contribution >= 4 is 35.0 Å². The Morgan fingerprint density at radius 1 is 1.58 bits per heavy atom. The highest BCUT2D eigenvalue weighted by Gasteiger charge is 2.16. The molecule has 0 aliphatic heterocycles. The number of pyridine rings is 1. The molecule has 2 rings (SSSR count). The van der Waals surface area contributed by atoms with Crippen molar-refractivity contribution in [2.45, 2.75) is 22.7 Å². The van der Waals surface area contributed by atoms with Gasteiger partial charge in [-0.25, -0.2) is 14.8 Å². The lowest BCUT2D eigenvalue weighted by molar-refractivity contribution is 0.0601. The molecule has 2 heterocycles. The Kier molecular flexibility index (Phi) is 4.33. The summed E-state index contributed by atoms with van der Waals surface area (Å²) in [5.74, 6) is 0.309. The van der Waals surface area contributed by atoms with Crippen molar-refractivity contribution in [2.75, 3.05) is 12.8 Å². The van der Waals surface area contributed by atoms with Crippen molar-refractivity contribution < 1.29 is 9.53 Å². The van der Waals surface area contributed by atoms with E-state index >= 15 is 0 Å². The summed E-state index contributed by atoms with van der Waals surface area (Å²) in [6.45, 7) is 1.99. The maximum Gasteiger partial charge on any atom is 0.340 e. The molecule has 100 valence electrons. The van der Waals surface area contributed by atoms with E-state index in [1.54, 1.807) is 0 Å². The van der Waals surface area contributed by atoms with Crippen molar-refractivity contribution in [1.29, 1.82) is 0 Å². The third kappa shape index (κ3) is 3.02. The summed E-state index contributed by atoms with van der Waals surface area (Å²) >= 11 is 2.58. The largest absolute Gasteiger partial charge is 0.465 e. The maximum atomic E-state index is 11.5. The first-order chi connectivity index (χ1) is 9.15. The number of esters is 1. The fraction of sp³-hybridized carbons (Fsp3) is 0.273. The first-order valence-electron chi connectivity index (χ1n) is 5.49. The summed E-state index contributed by atoms with van der Waals surface area (Å²) in [5, 5.41) is 0.529. The predicted molar refractivity (Wildman–Crippen MR) is 73.4 cm³/mol. The van der Waals surface area contributed by atoms with Gasteiger partial charge in [0, 0.05) is 12.6 Å². The van der Waals surface area contributed by atoms with Gasteiger partial charge in [0.25, 0.3) is 0 Å². The summed E-state index contributed by atoms with van der Waals surface area (Å²) in [7, 11) is 1.31. The average Bonchev–Trinajstić information content (AvgIpc) is 2.88. The van der Waals surface area contributed by atoms with Gasteiger partial charge in [-0.3, -0.25) is 0 Å². The third-order valence-corrected chi connectivity index (χ3v) is 4.12. The van der Waals surface area contributed by atoms with Crippen LogP contribution in [0.4, 0.5) is 5.69 Å². The van der Waals surface area contributed by atoms with E-state index in [1.165, 1.54) is 42.7 Å². The van der Waals surface area contributed by atoms with Crippen LogP contribution < -0.4 is 5.73 Å². The van der Waals surface area contributed by atoms with Crippen molar-refractivity contribution in [1.82, 2.24) is 14.3 Å². The lowest BCUT2D eigenvalue weighted by Crippen LogP contribution is -2.07. The van der Waals surface area contributed by atoms with Gasteiger partial charge < -0.3 is 10.5 Å². The number of carbonyl (C=O) groups excluding carboxylic acids is 1. The smallest absolute Gasteiger partial charge is 0.340 e. The number of nitrogen functional groups attached to an aromatic ring is 1. The van der Waals surface area contributed by atoms with Crippen LogP contribution in [0.25, 0.3) is 0 Å². The highest BCUT2D eigenvalue weighted by Crippen LogP contribution is 2.33. The summed E-state index contributed by atoms with van der Waals surface area (Å²) in [6, 6.07) is 1.53. The number of hydrogen-bond donors (Lipinski definition) is 1. The summed E-state index contributed by atoms with van der Waals surface area (Å²) < 4.78 is 9.59. The number of nitrogens with two attached hydrogens (primary N) is 1. The van der Waals surface area contributed by atoms with E-state index in [1.807, 2.05) is 6.92 Å². The Labute approximate surface area is 118 Å². The standard InChI is InChI=1S/C11H12N4O2S2/c1-3-7-14-11(19-15-7)18-9-8(12)6(4-5-13-9)10(16)17-2/h4-5H,3,12H2,1-2H3. The minimum absolute atomic E-state index is 0.299. The Hall–Kier alpha value is -1.67. The number of carbonyl (C=O) groups is 1. The second-order valence-corrected chi connectivity index (χ2v) is 5.49. The highest BCUT2D eigenvalue weighted by molar-refractivity contribution is 8.01. The van der Waals surface area contributed by atoms with E-state index in [9.17, 15) is 4.79 Å². The van der Waals surface area contributed by atoms with E-state index in [4.69, 9.17) is 5.73 Å². The Morgan fingerprint density at radius 3 is 3.00 bits per heavy atom. The van der Waals surface area contributed by atoms with Gasteiger partial charge in [-0.2, -0.15) is 4.37 Å². The Balaban J connectivity index is 2.27. The predicted octanol–water partition coefficient (Wildman–Crippen LogP) is 2.02. The molecule has 0 spiro atoms. The molecule has 0 bridgehead atoms. The quantitative estimate of drug-likeness (QED) is 0.863. The molecule has 0 unspecified atom stereocenters. The molecule has 0 saturated heterocycles. The molecule has 2 aromatic heterocycles. The van der Waals surface area contributed by atoms with Crippen LogP contribution in [0.1, 0.15) is 23.1 Å². The molecule has 0 fully saturated rings. The molecule has 6 nitrogen and oxygen atoms in total. The van der Waals surface area contributed by atoms with Crippen LogP contribution in [0.3, 0.4) is 0 Å². The monoisotopic (exact) mass is 296 g/mol. The molecule has 0 radical (unpaired) electrons. The Morgan fingerprint density at radius 2 is 2.37 bits per heavy atom. The Bertz CT molecular complexity index is 600. The summed E-state index contributed by atoms with van der Waals surface area (Å²) in [4.78, 5) is 20.0. The third-order valence-electron chi connectivity index (χ3n) is 2.31. The van der Waals surface area contributed by atoms with Gasteiger partial charge in [0.2, 0.25) is 0 Å². The number of ether oxygens (including phenoxy) is 1. The van der Waals surface area contributed by atoms with Crippen LogP contribution >= 0.6 is 23.3 Å². The fourth-order valence-electron chi connectivity index (χ4n) is 1.33. The molecule has 19 heavy (non-hydrogen) atoms. The van der Waals surface area contributed by atoms with Gasteiger partial charge >= 0.3 is 5.97 Å². The number of rotatable bonds is 4. The molecule has 0 aliphatic carbocycles. The molecule has 2 N–H and O–H groups in total. The van der Waals surface area contributed by atoms with Gasteiger partial charge in [-0.15, -0.1) is 0 Å². The normalized spacial score (nSPS) is 10.4. The van der Waals surface area contributed by atoms with E-state index in [0.717, 1.165) is 16.6 Å². The second kappa shape index (κ2) is 5.98. The van der Waals surface area contributed by atoms with Crippen LogP contribution in [-0.4, -0.2) is 27.4 Å². The highest BCUT2D eigenvalue weighted by atomic mass is 32.2. The lowest BCUT2D eigenvalue weighted by Gasteiger charge is -2.06. The zero-order valence-corrected chi connectivity index (χ0v) is 12.0. The van der Waals surface area contributed by atoms with Crippen LogP contribution in [-0.2, 0) is 11.2 Å². The number of anilines is 1. The van der Waals surface area contributed by atoms with E-state index < -0.39 is 5.97 Å². The fourth-order valence-corrected chi connectivity index (χ4v) is 2.98. The molecule has 0 atom stereocenters. The van der Waals surface area contributed by atoms with Crippen LogP contribution in [0, 0.1) is 0 Å².